The summed E-state index contributed by atoms with van der Waals surface area (Å²) in [6.45, 7) is 5.75. The van der Waals surface area contributed by atoms with Gasteiger partial charge in [-0.1, -0.05) is 42.5 Å². The van der Waals surface area contributed by atoms with E-state index < -0.39 is 0 Å². The number of hydrogen-bond acceptors (Lipinski definition) is 6. The van der Waals surface area contributed by atoms with E-state index in [1.807, 2.05) is 11.8 Å². The first kappa shape index (κ1) is 19.0. The number of likely N-dealkylation sites (N-methyl/N-ethyl adjacent to an activating group) is 1. The van der Waals surface area contributed by atoms with Gasteiger partial charge in [-0.05, 0) is 24.6 Å². The van der Waals surface area contributed by atoms with Crippen molar-refractivity contribution in [2.75, 3.05) is 45.5 Å². The van der Waals surface area contributed by atoms with Gasteiger partial charge in [0.2, 0.25) is 0 Å². The fourth-order valence-electron chi connectivity index (χ4n) is 3.81. The van der Waals surface area contributed by atoms with Gasteiger partial charge in [0.25, 0.3) is 0 Å². The lowest BCUT2D eigenvalue weighted by Gasteiger charge is -2.32. The third kappa shape index (κ3) is 4.03. The van der Waals surface area contributed by atoms with Crippen LogP contribution < -0.4 is 0 Å². The smallest absolute Gasteiger partial charge is 0.127 e. The molecule has 148 valence electrons. The zero-order chi connectivity index (χ0) is 19.6. The molecular weight excluding hydrogens is 396 g/mol. The molecule has 0 amide bonds. The minimum Gasteiger partial charge on any atom is -0.304 e. The van der Waals surface area contributed by atoms with Gasteiger partial charge in [-0.2, -0.15) is 0 Å². The first-order valence-electron chi connectivity index (χ1n) is 10.1. The molecule has 0 radical (unpaired) electrons. The molecule has 1 aliphatic rings. The summed E-state index contributed by atoms with van der Waals surface area (Å²) < 4.78 is 1.29. The summed E-state index contributed by atoms with van der Waals surface area (Å²) in [5, 5.41) is 14.0. The summed E-state index contributed by atoms with van der Waals surface area (Å²) in [5.41, 5.74) is 0.991. The van der Waals surface area contributed by atoms with Crippen molar-refractivity contribution in [2.45, 2.75) is 5.03 Å². The summed E-state index contributed by atoms with van der Waals surface area (Å²) in [6.07, 6.45) is 0. The van der Waals surface area contributed by atoms with E-state index in [4.69, 9.17) is 0 Å². The highest BCUT2D eigenvalue weighted by Gasteiger charge is 2.16. The van der Waals surface area contributed by atoms with Crippen LogP contribution in [0.15, 0.2) is 59.6 Å². The average molecular weight is 421 g/mol. The Bertz CT molecular complexity index is 1100. The molecule has 6 heteroatoms. The maximum absolute atomic E-state index is 4.67. The molecule has 2 aromatic carbocycles. The van der Waals surface area contributed by atoms with E-state index in [9.17, 15) is 0 Å². The molecule has 0 unspecified atom stereocenters. The first-order valence-corrected chi connectivity index (χ1v) is 11.9. The number of fused-ring (bicyclic) bond motifs is 2. The molecule has 0 aliphatic carbocycles. The lowest BCUT2D eigenvalue weighted by atomic mass is 10.1. The van der Waals surface area contributed by atoms with Crippen molar-refractivity contribution in [3.63, 3.8) is 0 Å². The Balaban J connectivity index is 1.39. The van der Waals surface area contributed by atoms with Crippen LogP contribution in [0.2, 0.25) is 0 Å². The summed E-state index contributed by atoms with van der Waals surface area (Å²) >= 11 is 3.62. The van der Waals surface area contributed by atoms with Gasteiger partial charge < -0.3 is 4.90 Å². The monoisotopic (exact) mass is 420 g/mol. The number of piperazine rings is 1. The third-order valence-corrected chi connectivity index (χ3v) is 7.64. The number of hydrogen-bond donors (Lipinski definition) is 0. The van der Waals surface area contributed by atoms with Gasteiger partial charge >= 0.3 is 0 Å². The predicted molar refractivity (Wildman–Crippen MR) is 125 cm³/mol. The molecule has 4 nitrogen and oxygen atoms in total. The second kappa shape index (κ2) is 8.40. The molecule has 2 aromatic heterocycles. The van der Waals surface area contributed by atoms with Crippen molar-refractivity contribution >= 4 is 44.0 Å². The lowest BCUT2D eigenvalue weighted by Crippen LogP contribution is -2.45. The van der Waals surface area contributed by atoms with Crippen LogP contribution in [-0.4, -0.2) is 65.5 Å². The van der Waals surface area contributed by atoms with E-state index in [-0.39, 0.29) is 0 Å². The molecule has 0 spiro atoms. The van der Waals surface area contributed by atoms with Crippen LogP contribution in [0.3, 0.4) is 0 Å². The van der Waals surface area contributed by atoms with E-state index >= 15 is 0 Å². The molecule has 4 aromatic rings. The van der Waals surface area contributed by atoms with Gasteiger partial charge in [0.15, 0.2) is 0 Å². The number of thiophene rings is 1. The molecule has 0 saturated carbocycles. The zero-order valence-electron chi connectivity index (χ0n) is 16.5. The summed E-state index contributed by atoms with van der Waals surface area (Å²) in [5.74, 6) is 1.05. The highest BCUT2D eigenvalue weighted by atomic mass is 32.2. The quantitative estimate of drug-likeness (QED) is 0.431. The van der Waals surface area contributed by atoms with E-state index in [1.165, 1.54) is 25.7 Å². The van der Waals surface area contributed by atoms with Gasteiger partial charge in [-0.25, -0.2) is 0 Å². The van der Waals surface area contributed by atoms with Crippen molar-refractivity contribution in [3.05, 3.63) is 54.6 Å². The minimum absolute atomic E-state index is 0.991. The van der Waals surface area contributed by atoms with Crippen molar-refractivity contribution in [1.29, 1.82) is 0 Å². The minimum atomic E-state index is 0.991. The van der Waals surface area contributed by atoms with Crippen molar-refractivity contribution in [1.82, 2.24) is 20.0 Å². The largest absolute Gasteiger partial charge is 0.304 e. The number of aromatic nitrogens is 2. The zero-order valence-corrected chi connectivity index (χ0v) is 18.2. The Labute approximate surface area is 179 Å². The molecular formula is C23H24N4S2. The molecule has 1 fully saturated rings. The van der Waals surface area contributed by atoms with E-state index in [0.717, 1.165) is 49.2 Å². The SMILES string of the molecule is CN1CCN(CCSc2nnc(-c3cc4ccccc4s3)c3ccccc23)CC1. The Morgan fingerprint density at radius 3 is 2.52 bits per heavy atom. The van der Waals surface area contributed by atoms with Crippen LogP contribution in [0.1, 0.15) is 0 Å². The third-order valence-electron chi connectivity index (χ3n) is 5.55. The van der Waals surface area contributed by atoms with Crippen LogP contribution in [0.4, 0.5) is 0 Å². The van der Waals surface area contributed by atoms with Crippen LogP contribution in [-0.2, 0) is 0 Å². The van der Waals surface area contributed by atoms with E-state index in [1.54, 1.807) is 11.3 Å². The summed E-state index contributed by atoms with van der Waals surface area (Å²) in [4.78, 5) is 6.13. The van der Waals surface area contributed by atoms with Crippen LogP contribution in [0.25, 0.3) is 31.4 Å². The average Bonchev–Trinajstić information content (AvgIpc) is 3.19. The Kier molecular flexibility index (Phi) is 5.50. The topological polar surface area (TPSA) is 32.3 Å². The van der Waals surface area contributed by atoms with Gasteiger partial charge in [0.05, 0.1) is 4.88 Å². The van der Waals surface area contributed by atoms with Crippen LogP contribution in [0, 0.1) is 0 Å². The maximum Gasteiger partial charge on any atom is 0.127 e. The Morgan fingerprint density at radius 1 is 0.931 bits per heavy atom. The fraction of sp³-hybridized carbons (Fsp3) is 0.304. The summed E-state index contributed by atoms with van der Waals surface area (Å²) in [7, 11) is 2.20. The Morgan fingerprint density at radius 2 is 1.69 bits per heavy atom. The van der Waals surface area contributed by atoms with Crippen molar-refractivity contribution in [3.8, 4) is 10.6 Å². The van der Waals surface area contributed by atoms with Gasteiger partial charge in [-0.15, -0.1) is 33.3 Å². The highest BCUT2D eigenvalue weighted by molar-refractivity contribution is 7.99. The fourth-order valence-corrected chi connectivity index (χ4v) is 5.85. The van der Waals surface area contributed by atoms with Crippen molar-refractivity contribution < 1.29 is 0 Å². The second-order valence-corrected chi connectivity index (χ2v) is 9.71. The summed E-state index contributed by atoms with van der Waals surface area (Å²) in [6, 6.07) is 19.3. The van der Waals surface area contributed by atoms with Gasteiger partial charge in [0.1, 0.15) is 10.7 Å². The first-order chi connectivity index (χ1) is 14.3. The molecule has 0 N–H and O–H groups in total. The molecule has 3 heterocycles. The number of nitrogens with zero attached hydrogens (tertiary/aromatic N) is 4. The Hall–Kier alpha value is -1.99. The van der Waals surface area contributed by atoms with E-state index in [0.29, 0.717) is 0 Å². The number of thioether (sulfide) groups is 1. The molecule has 0 bridgehead atoms. The second-order valence-electron chi connectivity index (χ2n) is 7.54. The van der Waals surface area contributed by atoms with E-state index in [2.05, 4.69) is 81.6 Å². The molecule has 1 aliphatic heterocycles. The molecule has 0 atom stereocenters. The number of benzene rings is 2. The normalized spacial score (nSPS) is 16.0. The van der Waals surface area contributed by atoms with Crippen molar-refractivity contribution in [2.24, 2.45) is 0 Å². The lowest BCUT2D eigenvalue weighted by molar-refractivity contribution is 0.161. The van der Waals surface area contributed by atoms with Gasteiger partial charge in [-0.3, -0.25) is 4.90 Å². The molecule has 1 saturated heterocycles. The maximum atomic E-state index is 4.67. The molecule has 5 rings (SSSR count). The van der Waals surface area contributed by atoms with Crippen LogP contribution in [0.5, 0.6) is 0 Å². The number of rotatable bonds is 5. The van der Waals surface area contributed by atoms with Gasteiger partial charge in [0, 0.05) is 53.9 Å². The predicted octanol–water partition coefficient (Wildman–Crippen LogP) is 4.85. The van der Waals surface area contributed by atoms with Crippen LogP contribution >= 0.6 is 23.1 Å². The molecule has 29 heavy (non-hydrogen) atoms. The highest BCUT2D eigenvalue weighted by Crippen LogP contribution is 2.37. The standard InChI is InChI=1S/C23H24N4S2/c1-26-10-12-27(13-11-26)14-15-28-23-19-8-4-3-7-18(19)22(24-25-23)21-16-17-6-2-5-9-20(17)29-21/h2-9,16H,10-15H2,1H3.